The molecule has 1 fully saturated rings. The van der Waals surface area contributed by atoms with Gasteiger partial charge in [0.05, 0.1) is 37.6 Å². The minimum Gasteiger partial charge on any atom is -0.378 e. The Morgan fingerprint density at radius 2 is 1.94 bits per heavy atom. The molecule has 0 atom stereocenters. The van der Waals surface area contributed by atoms with Crippen LogP contribution in [-0.4, -0.2) is 66.6 Å². The van der Waals surface area contributed by atoms with Crippen LogP contribution in [-0.2, 0) is 20.7 Å². The van der Waals surface area contributed by atoms with Gasteiger partial charge in [-0.1, -0.05) is 6.07 Å². The number of rotatable bonds is 7. The highest BCUT2D eigenvalue weighted by molar-refractivity contribution is 7.13. The molecule has 166 valence electrons. The summed E-state index contributed by atoms with van der Waals surface area (Å²) in [7, 11) is 1.62. The number of anilines is 2. The summed E-state index contributed by atoms with van der Waals surface area (Å²) in [6.07, 6.45) is 1.85. The molecule has 1 N–H and O–H groups in total. The third kappa shape index (κ3) is 5.68. The monoisotopic (exact) mass is 451 g/mol. The van der Waals surface area contributed by atoms with E-state index in [9.17, 15) is 9.59 Å². The number of carbonyl (C=O) groups excluding carboxylic acids is 2. The molecule has 1 aliphatic heterocycles. The first-order valence-electron chi connectivity index (χ1n) is 10.4. The summed E-state index contributed by atoms with van der Waals surface area (Å²) in [4.78, 5) is 37.4. The Kier molecular flexibility index (Phi) is 7.08. The number of likely N-dealkylation sites (N-methyl/N-ethyl adjacent to an activating group) is 1. The number of pyridine rings is 1. The van der Waals surface area contributed by atoms with Gasteiger partial charge in [-0.3, -0.25) is 14.6 Å². The number of hydrogen-bond acceptors (Lipinski definition) is 7. The van der Waals surface area contributed by atoms with E-state index in [2.05, 4.69) is 20.2 Å². The van der Waals surface area contributed by atoms with Crippen molar-refractivity contribution in [3.63, 3.8) is 0 Å². The topological polar surface area (TPSA) is 87.7 Å². The Bertz CT molecular complexity index is 1050. The van der Waals surface area contributed by atoms with Crippen molar-refractivity contribution in [3.05, 3.63) is 59.7 Å². The molecule has 0 saturated carbocycles. The van der Waals surface area contributed by atoms with E-state index < -0.39 is 0 Å². The zero-order chi connectivity index (χ0) is 22.3. The highest BCUT2D eigenvalue weighted by Crippen LogP contribution is 2.22. The molecule has 4 rings (SSSR count). The van der Waals surface area contributed by atoms with Crippen molar-refractivity contribution in [2.24, 2.45) is 0 Å². The van der Waals surface area contributed by atoms with Crippen LogP contribution in [0.3, 0.4) is 0 Å². The second kappa shape index (κ2) is 10.3. The fourth-order valence-electron chi connectivity index (χ4n) is 3.37. The number of amides is 2. The van der Waals surface area contributed by atoms with Crippen molar-refractivity contribution in [3.8, 4) is 10.7 Å². The minimum atomic E-state index is -0.243. The molecule has 3 aromatic rings. The van der Waals surface area contributed by atoms with E-state index in [1.54, 1.807) is 13.2 Å². The zero-order valence-electron chi connectivity index (χ0n) is 17.9. The van der Waals surface area contributed by atoms with Crippen LogP contribution >= 0.6 is 11.3 Å². The fourth-order valence-corrected chi connectivity index (χ4v) is 4.16. The van der Waals surface area contributed by atoms with E-state index in [0.29, 0.717) is 11.4 Å². The predicted octanol–water partition coefficient (Wildman–Crippen LogP) is 2.68. The van der Waals surface area contributed by atoms with E-state index in [1.165, 1.54) is 16.2 Å². The molecular weight excluding hydrogens is 426 g/mol. The van der Waals surface area contributed by atoms with E-state index >= 15 is 0 Å². The summed E-state index contributed by atoms with van der Waals surface area (Å²) in [6, 6.07) is 13.3. The molecule has 8 nitrogen and oxygen atoms in total. The van der Waals surface area contributed by atoms with Gasteiger partial charge in [0, 0.05) is 43.1 Å². The van der Waals surface area contributed by atoms with Gasteiger partial charge in [-0.25, -0.2) is 4.98 Å². The average Bonchev–Trinajstić information content (AvgIpc) is 3.29. The van der Waals surface area contributed by atoms with Crippen LogP contribution in [0.15, 0.2) is 54.0 Å². The number of morpholine rings is 1. The largest absolute Gasteiger partial charge is 0.378 e. The smallest absolute Gasteiger partial charge is 0.243 e. The summed E-state index contributed by atoms with van der Waals surface area (Å²) in [6.45, 7) is 3.15. The lowest BCUT2D eigenvalue weighted by Crippen LogP contribution is -2.36. The Morgan fingerprint density at radius 3 is 2.66 bits per heavy atom. The van der Waals surface area contributed by atoms with Crippen LogP contribution in [0.4, 0.5) is 11.4 Å². The third-order valence-corrected chi connectivity index (χ3v) is 6.02. The minimum absolute atomic E-state index is 0.0265. The van der Waals surface area contributed by atoms with Crippen LogP contribution in [0.25, 0.3) is 10.7 Å². The van der Waals surface area contributed by atoms with Gasteiger partial charge in [-0.05, 0) is 36.4 Å². The highest BCUT2D eigenvalue weighted by atomic mass is 32.1. The molecule has 1 aliphatic rings. The quantitative estimate of drug-likeness (QED) is 0.594. The molecule has 9 heteroatoms. The molecular formula is C23H25N5O3S. The van der Waals surface area contributed by atoms with E-state index in [4.69, 9.17) is 4.74 Å². The van der Waals surface area contributed by atoms with Crippen LogP contribution in [0, 0.1) is 0 Å². The van der Waals surface area contributed by atoms with Crippen molar-refractivity contribution >= 4 is 34.5 Å². The predicted molar refractivity (Wildman–Crippen MR) is 125 cm³/mol. The van der Waals surface area contributed by atoms with E-state index in [1.807, 2.05) is 47.8 Å². The Morgan fingerprint density at radius 1 is 1.16 bits per heavy atom. The lowest BCUT2D eigenvalue weighted by atomic mass is 10.2. The Hall–Kier alpha value is -3.30. The first kappa shape index (κ1) is 21.9. The van der Waals surface area contributed by atoms with Gasteiger partial charge in [0.2, 0.25) is 11.8 Å². The second-order valence-corrected chi connectivity index (χ2v) is 8.34. The maximum absolute atomic E-state index is 12.5. The Labute approximate surface area is 190 Å². The van der Waals surface area contributed by atoms with E-state index in [-0.39, 0.29) is 24.8 Å². The number of nitrogens with one attached hydrogen (secondary N) is 1. The van der Waals surface area contributed by atoms with Gasteiger partial charge in [0.15, 0.2) is 0 Å². The van der Waals surface area contributed by atoms with Crippen LogP contribution in [0.5, 0.6) is 0 Å². The molecule has 0 aliphatic carbocycles. The van der Waals surface area contributed by atoms with Crippen LogP contribution < -0.4 is 10.2 Å². The number of aromatic nitrogens is 2. The molecule has 32 heavy (non-hydrogen) atoms. The van der Waals surface area contributed by atoms with Gasteiger partial charge >= 0.3 is 0 Å². The van der Waals surface area contributed by atoms with Gasteiger partial charge in [-0.15, -0.1) is 11.3 Å². The Balaban J connectivity index is 1.27. The van der Waals surface area contributed by atoms with Gasteiger partial charge < -0.3 is 19.9 Å². The maximum Gasteiger partial charge on any atom is 0.243 e. The SMILES string of the molecule is CN(CC(=O)Nc1ccc(N2CCOCC2)cc1)C(=O)Cc1csc(-c2ccccn2)n1. The van der Waals surface area contributed by atoms with Crippen molar-refractivity contribution in [2.75, 3.05) is 50.1 Å². The first-order chi connectivity index (χ1) is 15.6. The molecule has 2 amide bonds. The van der Waals surface area contributed by atoms with Crippen molar-refractivity contribution < 1.29 is 14.3 Å². The molecule has 1 aromatic carbocycles. The molecule has 0 radical (unpaired) electrons. The second-order valence-electron chi connectivity index (χ2n) is 7.48. The average molecular weight is 452 g/mol. The third-order valence-electron chi connectivity index (χ3n) is 5.10. The maximum atomic E-state index is 12.5. The fraction of sp³-hybridized carbons (Fsp3) is 0.304. The summed E-state index contributed by atoms with van der Waals surface area (Å²) in [5.41, 5.74) is 3.26. The van der Waals surface area contributed by atoms with Gasteiger partial charge in [0.1, 0.15) is 5.01 Å². The number of ether oxygens (including phenoxy) is 1. The normalized spacial score (nSPS) is 13.6. The van der Waals surface area contributed by atoms with Crippen LogP contribution in [0.2, 0.25) is 0 Å². The number of benzene rings is 1. The number of thiazole rings is 1. The molecule has 0 bridgehead atoms. The molecule has 2 aromatic heterocycles. The van der Waals surface area contributed by atoms with Crippen LogP contribution in [0.1, 0.15) is 5.69 Å². The molecule has 0 spiro atoms. The number of hydrogen-bond donors (Lipinski definition) is 1. The number of nitrogens with zero attached hydrogens (tertiary/aromatic N) is 4. The summed E-state index contributed by atoms with van der Waals surface area (Å²) in [5, 5.41) is 5.47. The van der Waals surface area contributed by atoms with Crippen molar-refractivity contribution in [1.29, 1.82) is 0 Å². The highest BCUT2D eigenvalue weighted by Gasteiger charge is 2.16. The lowest BCUT2D eigenvalue weighted by Gasteiger charge is -2.28. The first-order valence-corrected chi connectivity index (χ1v) is 11.3. The summed E-state index contributed by atoms with van der Waals surface area (Å²) < 4.78 is 5.38. The molecule has 3 heterocycles. The van der Waals surface area contributed by atoms with Gasteiger partial charge in [0.25, 0.3) is 0 Å². The van der Waals surface area contributed by atoms with E-state index in [0.717, 1.165) is 42.7 Å². The molecule has 1 saturated heterocycles. The zero-order valence-corrected chi connectivity index (χ0v) is 18.7. The standard InChI is InChI=1S/C23H25N5O3S/c1-27(22(30)14-18-16-32-23(26-18)20-4-2-3-9-24-20)15-21(29)25-17-5-7-19(8-6-17)28-10-12-31-13-11-28/h2-9,16H,10-15H2,1H3,(H,25,29). The summed E-state index contributed by atoms with van der Waals surface area (Å²) in [5.74, 6) is -0.409. The molecule has 0 unspecified atom stereocenters. The lowest BCUT2D eigenvalue weighted by molar-refractivity contribution is -0.132. The van der Waals surface area contributed by atoms with Crippen molar-refractivity contribution in [2.45, 2.75) is 6.42 Å². The number of carbonyl (C=O) groups is 2. The van der Waals surface area contributed by atoms with Gasteiger partial charge in [-0.2, -0.15) is 0 Å². The van der Waals surface area contributed by atoms with Crippen molar-refractivity contribution in [1.82, 2.24) is 14.9 Å². The summed E-state index contributed by atoms with van der Waals surface area (Å²) >= 11 is 1.45.